The molecule has 18 heavy (non-hydrogen) atoms. The van der Waals surface area contributed by atoms with E-state index in [2.05, 4.69) is 16.4 Å². The number of H-pyrrole nitrogens is 1. The average Bonchev–Trinajstić information content (AvgIpc) is 2.71. The van der Waals surface area contributed by atoms with E-state index in [-0.39, 0.29) is 18.6 Å². The average molecular weight is 246 g/mol. The van der Waals surface area contributed by atoms with Gasteiger partial charge in [0.25, 0.3) is 0 Å². The van der Waals surface area contributed by atoms with Crippen LogP contribution in [0.25, 0.3) is 10.9 Å². The number of hydrogen-bond donors (Lipinski definition) is 3. The number of aromatic nitrogens is 1. The molecule has 0 fully saturated rings. The number of aliphatic hydroxyl groups is 1. The fraction of sp³-hybridized carbons (Fsp3) is 0.357. The summed E-state index contributed by atoms with van der Waals surface area (Å²) in [5.74, 6) is -0.0713. The molecule has 0 aliphatic carbocycles. The van der Waals surface area contributed by atoms with Crippen LogP contribution >= 0.6 is 0 Å². The first kappa shape index (κ1) is 12.6. The van der Waals surface area contributed by atoms with Gasteiger partial charge in [0.15, 0.2) is 0 Å². The second-order valence-corrected chi connectivity index (χ2v) is 4.69. The molecule has 0 bridgehead atoms. The molecular formula is C14H18N2O2. The van der Waals surface area contributed by atoms with E-state index in [9.17, 15) is 4.79 Å². The normalized spacial score (nSPS) is 12.6. The van der Waals surface area contributed by atoms with Crippen LogP contribution in [-0.2, 0) is 11.2 Å². The van der Waals surface area contributed by atoms with Crippen molar-refractivity contribution in [2.75, 3.05) is 6.61 Å². The summed E-state index contributed by atoms with van der Waals surface area (Å²) in [5.41, 5.74) is 3.22. The van der Waals surface area contributed by atoms with Gasteiger partial charge in [0, 0.05) is 23.1 Å². The van der Waals surface area contributed by atoms with Gasteiger partial charge in [-0.3, -0.25) is 4.79 Å². The van der Waals surface area contributed by atoms with Crippen LogP contribution in [0.1, 0.15) is 18.1 Å². The van der Waals surface area contributed by atoms with E-state index >= 15 is 0 Å². The van der Waals surface area contributed by atoms with Crippen molar-refractivity contribution in [3.05, 3.63) is 35.5 Å². The van der Waals surface area contributed by atoms with Crippen LogP contribution in [-0.4, -0.2) is 28.6 Å². The lowest BCUT2D eigenvalue weighted by atomic mass is 10.1. The lowest BCUT2D eigenvalue weighted by Crippen LogP contribution is -2.35. The van der Waals surface area contributed by atoms with Gasteiger partial charge in [-0.25, -0.2) is 0 Å². The topological polar surface area (TPSA) is 65.1 Å². The van der Waals surface area contributed by atoms with Crippen molar-refractivity contribution in [2.24, 2.45) is 0 Å². The number of benzene rings is 1. The standard InChI is InChI=1S/C14H18N2O2/c1-9-3-4-12-11(7-15-13(12)5-9)6-14(18)16-10(2)8-17/h3-5,7,10,15,17H,6,8H2,1-2H3,(H,16,18). The molecule has 0 spiro atoms. The summed E-state index contributed by atoms with van der Waals surface area (Å²) in [5, 5.41) is 12.7. The molecule has 0 aliphatic rings. The first-order valence-electron chi connectivity index (χ1n) is 6.07. The highest BCUT2D eigenvalue weighted by molar-refractivity contribution is 5.89. The molecule has 1 unspecified atom stereocenters. The summed E-state index contributed by atoms with van der Waals surface area (Å²) in [6.45, 7) is 3.77. The molecule has 1 amide bonds. The van der Waals surface area contributed by atoms with Gasteiger partial charge >= 0.3 is 0 Å². The molecule has 0 saturated heterocycles. The number of nitrogens with one attached hydrogen (secondary N) is 2. The molecular weight excluding hydrogens is 228 g/mol. The molecule has 4 heteroatoms. The van der Waals surface area contributed by atoms with E-state index in [1.807, 2.05) is 25.3 Å². The fourth-order valence-electron chi connectivity index (χ4n) is 1.99. The third kappa shape index (κ3) is 2.71. The van der Waals surface area contributed by atoms with E-state index in [0.717, 1.165) is 16.5 Å². The Hall–Kier alpha value is -1.81. The predicted octanol–water partition coefficient (Wildman–Crippen LogP) is 1.52. The van der Waals surface area contributed by atoms with Crippen molar-refractivity contribution in [1.82, 2.24) is 10.3 Å². The van der Waals surface area contributed by atoms with Crippen molar-refractivity contribution >= 4 is 16.8 Å². The first-order valence-corrected chi connectivity index (χ1v) is 6.07. The fourth-order valence-corrected chi connectivity index (χ4v) is 1.99. The monoisotopic (exact) mass is 246 g/mol. The van der Waals surface area contributed by atoms with Gasteiger partial charge in [0.1, 0.15) is 0 Å². The van der Waals surface area contributed by atoms with Crippen LogP contribution in [0.2, 0.25) is 0 Å². The van der Waals surface area contributed by atoms with Gasteiger partial charge < -0.3 is 15.4 Å². The Balaban J connectivity index is 2.15. The zero-order valence-corrected chi connectivity index (χ0v) is 10.7. The number of aliphatic hydroxyl groups excluding tert-OH is 1. The number of carbonyl (C=O) groups excluding carboxylic acids is 1. The molecule has 2 rings (SSSR count). The maximum Gasteiger partial charge on any atom is 0.224 e. The molecule has 96 valence electrons. The van der Waals surface area contributed by atoms with E-state index < -0.39 is 0 Å². The third-order valence-electron chi connectivity index (χ3n) is 2.96. The summed E-state index contributed by atoms with van der Waals surface area (Å²) in [4.78, 5) is 14.9. The van der Waals surface area contributed by atoms with Gasteiger partial charge in [0.2, 0.25) is 5.91 Å². The highest BCUT2D eigenvalue weighted by Crippen LogP contribution is 2.19. The number of aromatic amines is 1. The number of fused-ring (bicyclic) bond motifs is 1. The van der Waals surface area contributed by atoms with E-state index in [1.54, 1.807) is 6.92 Å². The molecule has 1 aromatic heterocycles. The number of aryl methyl sites for hydroxylation is 1. The smallest absolute Gasteiger partial charge is 0.224 e. The molecule has 0 aliphatic heterocycles. The third-order valence-corrected chi connectivity index (χ3v) is 2.96. The summed E-state index contributed by atoms with van der Waals surface area (Å²) >= 11 is 0. The molecule has 1 aromatic carbocycles. The van der Waals surface area contributed by atoms with E-state index in [4.69, 9.17) is 5.11 Å². The molecule has 0 radical (unpaired) electrons. The van der Waals surface area contributed by atoms with Gasteiger partial charge in [-0.15, -0.1) is 0 Å². The molecule has 1 heterocycles. The number of hydrogen-bond acceptors (Lipinski definition) is 2. The van der Waals surface area contributed by atoms with Gasteiger partial charge in [0.05, 0.1) is 13.0 Å². The quantitative estimate of drug-likeness (QED) is 0.765. The van der Waals surface area contributed by atoms with Crippen LogP contribution in [0, 0.1) is 6.92 Å². The Labute approximate surface area is 106 Å². The van der Waals surface area contributed by atoms with Crippen LogP contribution in [0.5, 0.6) is 0 Å². The van der Waals surface area contributed by atoms with Crippen LogP contribution in [0.15, 0.2) is 24.4 Å². The Morgan fingerprint density at radius 2 is 2.28 bits per heavy atom. The van der Waals surface area contributed by atoms with Gasteiger partial charge in [-0.1, -0.05) is 12.1 Å². The summed E-state index contributed by atoms with van der Waals surface area (Å²) in [6.07, 6.45) is 2.20. The molecule has 0 saturated carbocycles. The van der Waals surface area contributed by atoms with Gasteiger partial charge in [-0.2, -0.15) is 0 Å². The summed E-state index contributed by atoms with van der Waals surface area (Å²) < 4.78 is 0. The van der Waals surface area contributed by atoms with Crippen molar-refractivity contribution < 1.29 is 9.90 Å². The minimum Gasteiger partial charge on any atom is -0.394 e. The van der Waals surface area contributed by atoms with Gasteiger partial charge in [-0.05, 0) is 31.0 Å². The van der Waals surface area contributed by atoms with Crippen molar-refractivity contribution in [1.29, 1.82) is 0 Å². The van der Waals surface area contributed by atoms with Crippen molar-refractivity contribution in [3.63, 3.8) is 0 Å². The predicted molar refractivity (Wildman–Crippen MR) is 71.4 cm³/mol. The minimum atomic E-state index is -0.204. The largest absolute Gasteiger partial charge is 0.394 e. The Morgan fingerprint density at radius 1 is 1.50 bits per heavy atom. The Morgan fingerprint density at radius 3 is 3.00 bits per heavy atom. The highest BCUT2D eigenvalue weighted by Gasteiger charge is 2.10. The SMILES string of the molecule is Cc1ccc2c(CC(=O)NC(C)CO)c[nH]c2c1. The number of carbonyl (C=O) groups is 1. The molecule has 1 atom stereocenters. The van der Waals surface area contributed by atoms with Crippen molar-refractivity contribution in [3.8, 4) is 0 Å². The summed E-state index contributed by atoms with van der Waals surface area (Å²) in [7, 11) is 0. The Kier molecular flexibility index (Phi) is 3.67. The second kappa shape index (κ2) is 5.23. The lowest BCUT2D eigenvalue weighted by molar-refractivity contribution is -0.121. The second-order valence-electron chi connectivity index (χ2n) is 4.69. The maximum atomic E-state index is 11.8. The highest BCUT2D eigenvalue weighted by atomic mass is 16.3. The van der Waals surface area contributed by atoms with Crippen molar-refractivity contribution in [2.45, 2.75) is 26.3 Å². The van der Waals surface area contributed by atoms with E-state index in [1.165, 1.54) is 5.56 Å². The summed E-state index contributed by atoms with van der Waals surface area (Å²) in [6, 6.07) is 5.92. The first-order chi connectivity index (χ1) is 8.60. The number of amides is 1. The van der Waals surface area contributed by atoms with Crippen LogP contribution in [0.3, 0.4) is 0 Å². The lowest BCUT2D eigenvalue weighted by Gasteiger charge is -2.10. The Bertz CT molecular complexity index is 560. The molecule has 2 aromatic rings. The van der Waals surface area contributed by atoms with Crippen LogP contribution < -0.4 is 5.32 Å². The zero-order chi connectivity index (χ0) is 13.1. The minimum absolute atomic E-state index is 0.0428. The molecule has 4 nitrogen and oxygen atoms in total. The maximum absolute atomic E-state index is 11.8. The van der Waals surface area contributed by atoms with E-state index in [0.29, 0.717) is 6.42 Å². The zero-order valence-electron chi connectivity index (χ0n) is 10.7. The molecule has 3 N–H and O–H groups in total. The van der Waals surface area contributed by atoms with Crippen LogP contribution in [0.4, 0.5) is 0 Å². The number of rotatable bonds is 4.